The quantitative estimate of drug-likeness (QED) is 0.779. The fourth-order valence-electron chi connectivity index (χ4n) is 3.76. The van der Waals surface area contributed by atoms with E-state index in [9.17, 15) is 9.59 Å². The minimum Gasteiger partial charge on any atom is -0.466 e. The number of rotatable bonds is 3. The van der Waals surface area contributed by atoms with Gasteiger partial charge in [0.2, 0.25) is 0 Å². The zero-order valence-corrected chi connectivity index (χ0v) is 14.7. The van der Waals surface area contributed by atoms with Crippen LogP contribution in [-0.4, -0.2) is 18.5 Å². The van der Waals surface area contributed by atoms with Gasteiger partial charge in [0.05, 0.1) is 29.8 Å². The summed E-state index contributed by atoms with van der Waals surface area (Å²) in [4.78, 5) is 26.5. The largest absolute Gasteiger partial charge is 0.466 e. The summed E-state index contributed by atoms with van der Waals surface area (Å²) >= 11 is 6.50. The Kier molecular flexibility index (Phi) is 4.00. The van der Waals surface area contributed by atoms with Crippen LogP contribution in [0, 0.1) is 0 Å². The minimum absolute atomic E-state index is 0.0302. The molecule has 0 bridgehead atoms. The molecule has 0 fully saturated rings. The third kappa shape index (κ3) is 2.61. The number of fused-ring (bicyclic) bond motifs is 2. The van der Waals surface area contributed by atoms with Crippen molar-refractivity contribution in [2.24, 2.45) is 0 Å². The number of ether oxygens (including phenoxy) is 1. The molecule has 1 aliphatic carbocycles. The summed E-state index contributed by atoms with van der Waals surface area (Å²) in [5.74, 6) is -0.486. The average molecular weight is 356 g/mol. The zero-order chi connectivity index (χ0) is 17.6. The van der Waals surface area contributed by atoms with Crippen LogP contribution in [0.25, 0.3) is 0 Å². The summed E-state index contributed by atoms with van der Waals surface area (Å²) in [5.41, 5.74) is 4.45. The van der Waals surface area contributed by atoms with Crippen molar-refractivity contribution in [3.05, 3.63) is 63.7 Å². The molecule has 4 rings (SSSR count). The first-order chi connectivity index (χ1) is 12.1. The van der Waals surface area contributed by atoms with Gasteiger partial charge in [-0.1, -0.05) is 29.8 Å². The van der Waals surface area contributed by atoms with E-state index in [1.54, 1.807) is 11.8 Å². The number of carbonyl (C=O) groups is 2. The molecule has 1 heterocycles. The maximum absolute atomic E-state index is 12.7. The van der Waals surface area contributed by atoms with Gasteiger partial charge in [-0.05, 0) is 54.7 Å². The third-order valence-electron chi connectivity index (χ3n) is 4.97. The Labute approximate surface area is 151 Å². The van der Waals surface area contributed by atoms with Crippen LogP contribution >= 0.6 is 11.6 Å². The summed E-state index contributed by atoms with van der Waals surface area (Å²) < 4.78 is 5.17. The fraction of sp³-hybridized carbons (Fsp3) is 0.300. The number of nitrogens with zero attached hydrogens (tertiary/aromatic N) is 1. The highest BCUT2D eigenvalue weighted by Gasteiger charge is 2.34. The summed E-state index contributed by atoms with van der Waals surface area (Å²) in [6.07, 6.45) is 1.51. The number of aryl methyl sites for hydroxylation is 1. The van der Waals surface area contributed by atoms with Gasteiger partial charge in [-0.3, -0.25) is 9.59 Å². The van der Waals surface area contributed by atoms with Crippen LogP contribution in [0.4, 0.5) is 5.69 Å². The topological polar surface area (TPSA) is 46.6 Å². The lowest BCUT2D eigenvalue weighted by Crippen LogP contribution is -2.23. The lowest BCUT2D eigenvalue weighted by atomic mass is 10.0. The molecule has 0 spiro atoms. The van der Waals surface area contributed by atoms with Gasteiger partial charge in [0.1, 0.15) is 0 Å². The average Bonchev–Trinajstić information content (AvgIpc) is 3.16. The predicted molar refractivity (Wildman–Crippen MR) is 96.1 cm³/mol. The Balaban J connectivity index is 1.68. The van der Waals surface area contributed by atoms with Crippen LogP contribution in [0.5, 0.6) is 0 Å². The normalized spacial score (nSPS) is 18.2. The fourth-order valence-corrected chi connectivity index (χ4v) is 4.03. The highest BCUT2D eigenvalue weighted by atomic mass is 35.5. The summed E-state index contributed by atoms with van der Waals surface area (Å²) in [5, 5.41) is 0.496. The van der Waals surface area contributed by atoms with Gasteiger partial charge < -0.3 is 9.64 Å². The Morgan fingerprint density at radius 2 is 2.08 bits per heavy atom. The lowest BCUT2D eigenvalue weighted by molar-refractivity contribution is -0.144. The summed E-state index contributed by atoms with van der Waals surface area (Å²) in [6, 6.07) is 11.4. The van der Waals surface area contributed by atoms with Gasteiger partial charge in [-0.15, -0.1) is 0 Å². The molecule has 0 saturated heterocycles. The van der Waals surface area contributed by atoms with Crippen LogP contribution in [0.3, 0.4) is 0 Å². The molecule has 1 unspecified atom stereocenters. The van der Waals surface area contributed by atoms with Gasteiger partial charge in [0.25, 0.3) is 5.91 Å². The molecule has 1 aliphatic heterocycles. The van der Waals surface area contributed by atoms with Crippen molar-refractivity contribution in [3.8, 4) is 0 Å². The standard InChI is InChI=1S/C20H18ClNO3/c1-2-25-20(24)15-8-7-12-9-18(17(21)10-16(12)15)22-11-13-5-3-4-6-14(13)19(22)23/h3-6,9-10,15H,2,7-8,11H2,1H3. The first-order valence-corrected chi connectivity index (χ1v) is 8.86. The number of hydrogen-bond acceptors (Lipinski definition) is 3. The van der Waals surface area contributed by atoms with Crippen molar-refractivity contribution in [2.75, 3.05) is 11.5 Å². The molecular weight excluding hydrogens is 338 g/mol. The monoisotopic (exact) mass is 355 g/mol. The van der Waals surface area contributed by atoms with Gasteiger partial charge in [-0.2, -0.15) is 0 Å². The highest BCUT2D eigenvalue weighted by Crippen LogP contribution is 2.41. The predicted octanol–water partition coefficient (Wildman–Crippen LogP) is 4.09. The number of benzene rings is 2. The number of amides is 1. The van der Waals surface area contributed by atoms with E-state index >= 15 is 0 Å². The van der Waals surface area contributed by atoms with Crippen LogP contribution < -0.4 is 4.90 Å². The van der Waals surface area contributed by atoms with E-state index in [0.717, 1.165) is 35.1 Å². The number of halogens is 1. The lowest BCUT2D eigenvalue weighted by Gasteiger charge is -2.19. The van der Waals surface area contributed by atoms with Gasteiger partial charge >= 0.3 is 5.97 Å². The second kappa shape index (κ2) is 6.19. The van der Waals surface area contributed by atoms with Crippen LogP contribution in [-0.2, 0) is 22.5 Å². The molecule has 2 aromatic carbocycles. The maximum atomic E-state index is 12.7. The van der Waals surface area contributed by atoms with E-state index in [2.05, 4.69) is 0 Å². The number of carbonyl (C=O) groups excluding carboxylic acids is 2. The molecule has 0 aromatic heterocycles. The van der Waals surface area contributed by atoms with E-state index in [0.29, 0.717) is 23.9 Å². The molecule has 2 aliphatic rings. The maximum Gasteiger partial charge on any atom is 0.313 e. The molecule has 128 valence electrons. The van der Waals surface area contributed by atoms with Crippen LogP contribution in [0.15, 0.2) is 36.4 Å². The van der Waals surface area contributed by atoms with E-state index in [1.165, 1.54) is 0 Å². The Morgan fingerprint density at radius 1 is 1.28 bits per heavy atom. The first kappa shape index (κ1) is 16.2. The van der Waals surface area contributed by atoms with Crippen molar-refractivity contribution >= 4 is 29.2 Å². The van der Waals surface area contributed by atoms with Crippen molar-refractivity contribution < 1.29 is 14.3 Å². The Morgan fingerprint density at radius 3 is 2.84 bits per heavy atom. The number of anilines is 1. The van der Waals surface area contributed by atoms with Crippen molar-refractivity contribution in [2.45, 2.75) is 32.2 Å². The van der Waals surface area contributed by atoms with Crippen molar-refractivity contribution in [1.29, 1.82) is 0 Å². The van der Waals surface area contributed by atoms with Crippen LogP contribution in [0.1, 0.15) is 46.3 Å². The highest BCUT2D eigenvalue weighted by molar-refractivity contribution is 6.34. The zero-order valence-electron chi connectivity index (χ0n) is 13.9. The second-order valence-electron chi connectivity index (χ2n) is 6.39. The molecule has 1 atom stereocenters. The van der Waals surface area contributed by atoms with Crippen molar-refractivity contribution in [3.63, 3.8) is 0 Å². The summed E-state index contributed by atoms with van der Waals surface area (Å²) in [7, 11) is 0. The van der Waals surface area contributed by atoms with E-state index in [-0.39, 0.29) is 17.8 Å². The number of hydrogen-bond donors (Lipinski definition) is 0. The molecule has 2 aromatic rings. The molecule has 0 N–H and O–H groups in total. The van der Waals surface area contributed by atoms with E-state index < -0.39 is 0 Å². The third-order valence-corrected chi connectivity index (χ3v) is 5.27. The SMILES string of the molecule is CCOC(=O)C1CCc2cc(N3Cc4ccccc4C3=O)c(Cl)cc21. The van der Waals surface area contributed by atoms with Gasteiger partial charge in [0, 0.05) is 5.56 Å². The second-order valence-corrected chi connectivity index (χ2v) is 6.80. The molecule has 0 saturated carbocycles. The van der Waals surface area contributed by atoms with Crippen LogP contribution in [0.2, 0.25) is 5.02 Å². The smallest absolute Gasteiger partial charge is 0.313 e. The molecule has 4 nitrogen and oxygen atoms in total. The van der Waals surface area contributed by atoms with E-state index in [1.807, 2.05) is 36.4 Å². The number of esters is 1. The molecule has 5 heteroatoms. The van der Waals surface area contributed by atoms with E-state index in [4.69, 9.17) is 16.3 Å². The van der Waals surface area contributed by atoms with Gasteiger partial charge in [-0.25, -0.2) is 0 Å². The molecule has 25 heavy (non-hydrogen) atoms. The minimum atomic E-state index is -0.257. The summed E-state index contributed by atoms with van der Waals surface area (Å²) in [6.45, 7) is 2.70. The molecule has 1 amide bonds. The van der Waals surface area contributed by atoms with Gasteiger partial charge in [0.15, 0.2) is 0 Å². The Bertz CT molecular complexity index is 877. The van der Waals surface area contributed by atoms with Crippen molar-refractivity contribution in [1.82, 2.24) is 0 Å². The molecule has 0 radical (unpaired) electrons. The molecular formula is C20H18ClNO3. The first-order valence-electron chi connectivity index (χ1n) is 8.49. The Hall–Kier alpha value is -2.33.